The maximum atomic E-state index is 10.6. The monoisotopic (exact) mass is 550 g/mol. The van der Waals surface area contributed by atoms with Crippen LogP contribution in [0.2, 0.25) is 0 Å². The summed E-state index contributed by atoms with van der Waals surface area (Å²) in [6.45, 7) is 0.0681. The first kappa shape index (κ1) is 34.6. The zero-order chi connectivity index (χ0) is 25.2. The number of ether oxygens (including phenoxy) is 2. The third-order valence-corrected chi connectivity index (χ3v) is 5.95. The maximum absolute atomic E-state index is 10.6. The van der Waals surface area contributed by atoms with Crippen molar-refractivity contribution in [2.45, 2.75) is 12.8 Å². The molecule has 0 aliphatic carbocycles. The van der Waals surface area contributed by atoms with Crippen LogP contribution >= 0.6 is 0 Å². The molecule has 0 N–H and O–H groups in total. The third-order valence-electron chi connectivity index (χ3n) is 4.37. The minimum atomic E-state index is -4.30. The molecular formula is C22H20N2Na2O8S2. The molecule has 0 unspecified atom stereocenters. The molecule has 10 nitrogen and oxygen atoms in total. The van der Waals surface area contributed by atoms with Gasteiger partial charge in [0.2, 0.25) is 0 Å². The van der Waals surface area contributed by atoms with Crippen molar-refractivity contribution in [2.24, 2.45) is 0 Å². The summed E-state index contributed by atoms with van der Waals surface area (Å²) in [7, 11) is -8.59. The molecule has 0 aliphatic rings. The Kier molecular flexibility index (Phi) is 15.8. The van der Waals surface area contributed by atoms with E-state index in [4.69, 9.17) is 9.47 Å². The van der Waals surface area contributed by atoms with Crippen LogP contribution in [-0.4, -0.2) is 50.7 Å². The van der Waals surface area contributed by atoms with E-state index in [1.54, 1.807) is 48.5 Å². The fourth-order valence-corrected chi connectivity index (χ4v) is 3.76. The van der Waals surface area contributed by atoms with Crippen molar-refractivity contribution in [3.05, 3.63) is 59.7 Å². The molecule has 180 valence electrons. The molecule has 0 amide bonds. The Labute approximate surface area is 255 Å². The molecule has 0 fully saturated rings. The molecule has 0 saturated carbocycles. The molecule has 0 atom stereocenters. The van der Waals surface area contributed by atoms with Crippen LogP contribution in [0.15, 0.2) is 48.5 Å². The van der Waals surface area contributed by atoms with Gasteiger partial charge in [-0.15, -0.1) is 0 Å². The minimum Gasteiger partial charge on any atom is -0.748 e. The van der Waals surface area contributed by atoms with E-state index in [9.17, 15) is 36.5 Å². The number of hydrogen-bond acceptors (Lipinski definition) is 10. The smallest absolute Gasteiger partial charge is 0.748 e. The number of rotatable bonds is 12. The normalized spacial score (nSPS) is 11.6. The third kappa shape index (κ3) is 12.7. The first-order valence-corrected chi connectivity index (χ1v) is 13.1. The van der Waals surface area contributed by atoms with Crippen molar-refractivity contribution in [3.63, 3.8) is 0 Å². The SMILES string of the molecule is N#CC(=C(C#N)c1ccc(OCCCS(=O)(=O)[O-])cc1)c1ccc(OCCCS(=O)(=O)[O-])cc1.[Na+].[Na+]. The van der Waals surface area contributed by atoms with E-state index < -0.39 is 31.7 Å². The molecule has 2 aromatic rings. The second kappa shape index (κ2) is 16.4. The summed E-state index contributed by atoms with van der Waals surface area (Å²) in [6, 6.07) is 16.6. The predicted molar refractivity (Wildman–Crippen MR) is 120 cm³/mol. The molecule has 36 heavy (non-hydrogen) atoms. The Balaban J connectivity index is 0.00000612. The Morgan fingerprint density at radius 1 is 0.667 bits per heavy atom. The molecule has 0 radical (unpaired) electrons. The van der Waals surface area contributed by atoms with Crippen molar-refractivity contribution in [3.8, 4) is 23.6 Å². The van der Waals surface area contributed by atoms with Crippen molar-refractivity contribution in [2.75, 3.05) is 24.7 Å². The van der Waals surface area contributed by atoms with Crippen LogP contribution < -0.4 is 68.6 Å². The first-order chi connectivity index (χ1) is 16.0. The maximum Gasteiger partial charge on any atom is 1.00 e. The second-order valence-corrected chi connectivity index (χ2v) is 10.00. The summed E-state index contributed by atoms with van der Waals surface area (Å²) in [5.74, 6) is -0.226. The predicted octanol–water partition coefficient (Wildman–Crippen LogP) is -3.72. The number of allylic oxidation sites excluding steroid dienone is 2. The van der Waals surface area contributed by atoms with Gasteiger partial charge in [-0.05, 0) is 72.5 Å². The van der Waals surface area contributed by atoms with Crippen LogP contribution in [0.5, 0.6) is 11.5 Å². The fraction of sp³-hybridized carbons (Fsp3) is 0.273. The van der Waals surface area contributed by atoms with Gasteiger partial charge in [0.15, 0.2) is 0 Å². The van der Waals surface area contributed by atoms with E-state index in [-0.39, 0.29) is 96.3 Å². The van der Waals surface area contributed by atoms with Gasteiger partial charge in [-0.2, -0.15) is 10.5 Å². The van der Waals surface area contributed by atoms with Gasteiger partial charge in [0.25, 0.3) is 0 Å². The molecule has 0 spiro atoms. The van der Waals surface area contributed by atoms with E-state index in [0.717, 1.165) is 0 Å². The van der Waals surface area contributed by atoms with Crippen molar-refractivity contribution in [1.82, 2.24) is 0 Å². The van der Waals surface area contributed by atoms with Gasteiger partial charge in [-0.3, -0.25) is 0 Å². The topological polar surface area (TPSA) is 180 Å². The number of nitriles is 2. The van der Waals surface area contributed by atoms with Crippen LogP contribution in [0, 0.1) is 22.7 Å². The van der Waals surface area contributed by atoms with Gasteiger partial charge in [0.1, 0.15) is 23.6 Å². The molecular weight excluding hydrogens is 530 g/mol. The molecule has 0 aliphatic heterocycles. The van der Waals surface area contributed by atoms with E-state index in [1.807, 2.05) is 12.1 Å². The second-order valence-electron chi connectivity index (χ2n) is 6.95. The molecule has 0 saturated heterocycles. The van der Waals surface area contributed by atoms with Gasteiger partial charge in [-0.1, -0.05) is 0 Å². The summed E-state index contributed by atoms with van der Waals surface area (Å²) < 4.78 is 74.4. The number of nitrogens with zero attached hydrogens (tertiary/aromatic N) is 2. The summed E-state index contributed by atoms with van der Waals surface area (Å²) >= 11 is 0. The van der Waals surface area contributed by atoms with E-state index >= 15 is 0 Å². The molecule has 2 rings (SSSR count). The van der Waals surface area contributed by atoms with Gasteiger partial charge in [0, 0.05) is 11.5 Å². The van der Waals surface area contributed by atoms with Crippen molar-refractivity contribution >= 4 is 31.4 Å². The van der Waals surface area contributed by atoms with Crippen LogP contribution in [0.1, 0.15) is 24.0 Å². The van der Waals surface area contributed by atoms with Gasteiger partial charge >= 0.3 is 59.1 Å². The van der Waals surface area contributed by atoms with Crippen LogP contribution in [0.4, 0.5) is 0 Å². The van der Waals surface area contributed by atoms with Crippen molar-refractivity contribution < 1.29 is 94.5 Å². The molecule has 2 aromatic carbocycles. The number of hydrogen-bond donors (Lipinski definition) is 0. The zero-order valence-electron chi connectivity index (χ0n) is 19.8. The molecule has 0 bridgehead atoms. The van der Waals surface area contributed by atoms with Crippen molar-refractivity contribution in [1.29, 1.82) is 10.5 Å². The quantitative estimate of drug-likeness (QED) is 0.0838. The standard InChI is InChI=1S/C22H22N2O8S2.2Na/c23-15-21(17-3-7-19(8-4-17)31-11-1-13-33(25,26)27)22(16-24)18-5-9-20(10-6-18)32-12-2-14-34(28,29)30;;/h3-10H,1-2,11-14H2,(H,25,26,27)(H,28,29,30);;/q;2*+1/p-2. The largest absolute Gasteiger partial charge is 1.00 e. The average Bonchev–Trinajstić information content (AvgIpc) is 2.78. The summed E-state index contributed by atoms with van der Waals surface area (Å²) in [6.07, 6.45) is 0.0972. The fourth-order valence-electron chi connectivity index (χ4n) is 2.82. The van der Waals surface area contributed by atoms with Gasteiger partial charge in [0.05, 0.1) is 44.6 Å². The number of benzene rings is 2. The minimum absolute atomic E-state index is 0. The Morgan fingerprint density at radius 2 is 0.972 bits per heavy atom. The Hall–Kier alpha value is -1.42. The zero-order valence-corrected chi connectivity index (χ0v) is 25.5. The molecule has 0 aromatic heterocycles. The average molecular weight is 551 g/mol. The van der Waals surface area contributed by atoms with Crippen LogP contribution in [-0.2, 0) is 20.2 Å². The first-order valence-electron chi connectivity index (χ1n) is 9.90. The summed E-state index contributed by atoms with van der Waals surface area (Å²) in [5.41, 5.74) is 1.18. The van der Waals surface area contributed by atoms with E-state index in [1.165, 1.54) is 0 Å². The van der Waals surface area contributed by atoms with E-state index in [0.29, 0.717) is 22.6 Å². The summed E-state index contributed by atoms with van der Waals surface area (Å²) in [4.78, 5) is 0. The van der Waals surface area contributed by atoms with Gasteiger partial charge < -0.3 is 18.6 Å². The summed E-state index contributed by atoms with van der Waals surface area (Å²) in [5, 5.41) is 19.3. The molecule has 14 heteroatoms. The van der Waals surface area contributed by atoms with E-state index in [2.05, 4.69) is 0 Å². The Morgan fingerprint density at radius 3 is 1.22 bits per heavy atom. The molecule has 0 heterocycles. The Bertz CT molecular complexity index is 1210. The van der Waals surface area contributed by atoms with Gasteiger partial charge in [-0.25, -0.2) is 16.8 Å². The van der Waals surface area contributed by atoms with Crippen LogP contribution in [0.3, 0.4) is 0 Å². The van der Waals surface area contributed by atoms with Crippen LogP contribution in [0.25, 0.3) is 11.1 Å².